The minimum Gasteiger partial charge on any atom is -0.464 e. The average Bonchev–Trinajstić information content (AvgIpc) is 2.43. The van der Waals surface area contributed by atoms with Crippen LogP contribution < -0.4 is 10.4 Å². The average molecular weight is 344 g/mol. The van der Waals surface area contributed by atoms with Crippen molar-refractivity contribution in [3.8, 4) is 0 Å². The molecule has 0 aromatic rings. The molecular formula is C10H21N2O5PS2. The van der Waals surface area contributed by atoms with E-state index in [1.165, 1.54) is 7.11 Å². The second-order valence-corrected chi connectivity index (χ2v) is 9.01. The number of amides is 2. The third-order valence-corrected chi connectivity index (χ3v) is 6.45. The van der Waals surface area contributed by atoms with E-state index in [4.69, 9.17) is 9.26 Å². The lowest BCUT2D eigenvalue weighted by Crippen LogP contribution is -2.46. The third-order valence-electron chi connectivity index (χ3n) is 2.21. The fourth-order valence-corrected chi connectivity index (χ4v) is 3.29. The number of ether oxygens (including phenoxy) is 1. The fraction of sp³-hybridized carbons (Fsp3) is 0.800. The van der Waals surface area contributed by atoms with Gasteiger partial charge in [0.1, 0.15) is 6.04 Å². The van der Waals surface area contributed by atoms with Crippen LogP contribution in [0.3, 0.4) is 0 Å². The van der Waals surface area contributed by atoms with Crippen molar-refractivity contribution in [3.63, 3.8) is 0 Å². The Bertz CT molecular complexity index is 362. The number of urea groups is 1. The van der Waals surface area contributed by atoms with Crippen LogP contribution >= 0.6 is 29.9 Å². The Balaban J connectivity index is 4.59. The van der Waals surface area contributed by atoms with Crippen LogP contribution in [0.25, 0.3) is 0 Å². The summed E-state index contributed by atoms with van der Waals surface area (Å²) in [6.07, 6.45) is 3.89. The Morgan fingerprint density at radius 3 is 2.45 bits per heavy atom. The Kier molecular flexibility index (Phi) is 10.2. The smallest absolute Gasteiger partial charge is 0.354 e. The van der Waals surface area contributed by atoms with E-state index in [1.807, 2.05) is 6.26 Å². The van der Waals surface area contributed by atoms with Gasteiger partial charge in [0.25, 0.3) is 0 Å². The lowest BCUT2D eigenvalue weighted by atomic mass is 10.2. The molecule has 0 aromatic heterocycles. The van der Waals surface area contributed by atoms with Crippen LogP contribution in [-0.2, 0) is 18.6 Å². The van der Waals surface area contributed by atoms with Crippen LogP contribution in [0.4, 0.5) is 4.79 Å². The van der Waals surface area contributed by atoms with Crippen LogP contribution in [0.2, 0.25) is 0 Å². The summed E-state index contributed by atoms with van der Waals surface area (Å²) in [5.74, 6) is 0.182. The van der Waals surface area contributed by atoms with Crippen molar-refractivity contribution in [2.24, 2.45) is 0 Å². The molecule has 0 spiro atoms. The fourth-order valence-electron chi connectivity index (χ4n) is 1.21. The number of carbonyl (C=O) groups excluding carboxylic acids is 2. The van der Waals surface area contributed by atoms with E-state index in [0.717, 1.165) is 11.4 Å². The molecule has 0 aromatic carbocycles. The van der Waals surface area contributed by atoms with Gasteiger partial charge in [0.15, 0.2) is 0 Å². The molecule has 10 heteroatoms. The predicted octanol–water partition coefficient (Wildman–Crippen LogP) is 2.09. The maximum atomic E-state index is 11.9. The normalized spacial score (nSPS) is 15.0. The lowest BCUT2D eigenvalue weighted by Gasteiger charge is -2.19. The molecule has 0 saturated carbocycles. The van der Waals surface area contributed by atoms with E-state index in [9.17, 15) is 14.2 Å². The molecule has 2 atom stereocenters. The van der Waals surface area contributed by atoms with Crippen molar-refractivity contribution in [3.05, 3.63) is 0 Å². The molecule has 2 N–H and O–H groups in total. The molecule has 0 fully saturated rings. The van der Waals surface area contributed by atoms with E-state index >= 15 is 0 Å². The van der Waals surface area contributed by atoms with Crippen molar-refractivity contribution < 1.29 is 23.4 Å². The van der Waals surface area contributed by atoms with Gasteiger partial charge in [0.05, 0.1) is 6.61 Å². The van der Waals surface area contributed by atoms with E-state index in [1.54, 1.807) is 24.9 Å². The molecule has 0 saturated heterocycles. The van der Waals surface area contributed by atoms with Crippen LogP contribution in [0.1, 0.15) is 13.3 Å². The summed E-state index contributed by atoms with van der Waals surface area (Å²) in [6.45, 7) is -1.34. The first-order chi connectivity index (χ1) is 9.42. The van der Waals surface area contributed by atoms with Gasteiger partial charge in [0, 0.05) is 7.11 Å². The molecule has 118 valence electrons. The Morgan fingerprint density at radius 1 is 1.35 bits per heavy atom. The highest BCUT2D eigenvalue weighted by atomic mass is 32.7. The summed E-state index contributed by atoms with van der Waals surface area (Å²) in [5.41, 5.74) is 0. The van der Waals surface area contributed by atoms with Gasteiger partial charge in [-0.15, -0.1) is 0 Å². The first-order valence-corrected chi connectivity index (χ1v) is 10.7. The van der Waals surface area contributed by atoms with Crippen molar-refractivity contribution in [1.29, 1.82) is 0 Å². The summed E-state index contributed by atoms with van der Waals surface area (Å²) in [7, 11) is 1.24. The van der Waals surface area contributed by atoms with Gasteiger partial charge in [-0.3, -0.25) is 9.65 Å². The summed E-state index contributed by atoms with van der Waals surface area (Å²) in [5, 5.41) is 4.69. The quantitative estimate of drug-likeness (QED) is 0.488. The third kappa shape index (κ3) is 7.42. The molecular weight excluding hydrogens is 323 g/mol. The zero-order valence-corrected chi connectivity index (χ0v) is 14.5. The standard InChI is InChI=1S/C10H21N2O5PS2/c1-5-17-9(13)8(6-7-19-3)11-10(14)12-18(15,16-2)20-4/h8H,5-7H2,1-4H3,(H2,11,12,14,15)/t8-,18?/m0/s1. The topological polar surface area (TPSA) is 93.7 Å². The molecule has 7 nitrogen and oxygen atoms in total. The van der Waals surface area contributed by atoms with Gasteiger partial charge in [-0.05, 0) is 31.6 Å². The molecule has 0 bridgehead atoms. The number of nitrogens with one attached hydrogen (secondary N) is 2. The first kappa shape index (κ1) is 19.6. The van der Waals surface area contributed by atoms with Gasteiger partial charge < -0.3 is 14.6 Å². The van der Waals surface area contributed by atoms with Crippen molar-refractivity contribution in [2.75, 3.05) is 32.0 Å². The SMILES string of the molecule is CCOC(=O)[C@H](CCSC)NC(=O)NP(=O)(OC)SC. The highest BCUT2D eigenvalue weighted by Crippen LogP contribution is 2.53. The largest absolute Gasteiger partial charge is 0.464 e. The van der Waals surface area contributed by atoms with Crippen LogP contribution in [-0.4, -0.2) is 50.0 Å². The number of rotatable bonds is 9. The molecule has 2 amide bonds. The van der Waals surface area contributed by atoms with E-state index < -0.39 is 24.8 Å². The molecule has 0 aliphatic carbocycles. The Hall–Kier alpha value is -0.370. The number of hydrogen-bond acceptors (Lipinski definition) is 7. The molecule has 0 aliphatic rings. The van der Waals surface area contributed by atoms with E-state index in [2.05, 4.69) is 10.4 Å². The second-order valence-electron chi connectivity index (χ2n) is 3.53. The van der Waals surface area contributed by atoms with Gasteiger partial charge in [-0.1, -0.05) is 11.4 Å². The summed E-state index contributed by atoms with van der Waals surface area (Å²) in [4.78, 5) is 23.5. The summed E-state index contributed by atoms with van der Waals surface area (Å²) >= 11 is 2.46. The lowest BCUT2D eigenvalue weighted by molar-refractivity contribution is -0.145. The summed E-state index contributed by atoms with van der Waals surface area (Å²) < 4.78 is 21.5. The van der Waals surface area contributed by atoms with Crippen LogP contribution in [0, 0.1) is 0 Å². The highest BCUT2D eigenvalue weighted by Gasteiger charge is 2.27. The van der Waals surface area contributed by atoms with Gasteiger partial charge in [-0.2, -0.15) is 11.8 Å². The van der Waals surface area contributed by atoms with E-state index in [0.29, 0.717) is 12.2 Å². The maximum absolute atomic E-state index is 11.9. The highest BCUT2D eigenvalue weighted by molar-refractivity contribution is 8.55. The van der Waals surface area contributed by atoms with Gasteiger partial charge in [0.2, 0.25) is 0 Å². The molecule has 0 heterocycles. The molecule has 0 radical (unpaired) electrons. The van der Waals surface area contributed by atoms with Crippen LogP contribution in [0.5, 0.6) is 0 Å². The maximum Gasteiger partial charge on any atom is 0.354 e. The number of carbonyl (C=O) groups is 2. The predicted molar refractivity (Wildman–Crippen MR) is 83.2 cm³/mol. The number of hydrogen-bond donors (Lipinski definition) is 2. The molecule has 20 heavy (non-hydrogen) atoms. The molecule has 1 unspecified atom stereocenters. The summed E-state index contributed by atoms with van der Waals surface area (Å²) in [6, 6.07) is -1.49. The van der Waals surface area contributed by atoms with Gasteiger partial charge in [-0.25, -0.2) is 9.59 Å². The van der Waals surface area contributed by atoms with Crippen LogP contribution in [0.15, 0.2) is 0 Å². The second kappa shape index (κ2) is 10.4. The number of thioether (sulfide) groups is 1. The van der Waals surface area contributed by atoms with Crippen molar-refractivity contribution >= 4 is 41.9 Å². The molecule has 0 rings (SSSR count). The molecule has 0 aliphatic heterocycles. The van der Waals surface area contributed by atoms with Crippen molar-refractivity contribution in [1.82, 2.24) is 10.4 Å². The first-order valence-electron chi connectivity index (χ1n) is 5.88. The minimum absolute atomic E-state index is 0.235. The zero-order valence-electron chi connectivity index (χ0n) is 12.0. The Labute approximate surface area is 127 Å². The minimum atomic E-state index is -3.27. The van der Waals surface area contributed by atoms with E-state index in [-0.39, 0.29) is 6.61 Å². The van der Waals surface area contributed by atoms with Gasteiger partial charge >= 0.3 is 18.7 Å². The Morgan fingerprint density at radius 2 is 2.00 bits per heavy atom. The zero-order chi connectivity index (χ0) is 15.6. The monoisotopic (exact) mass is 344 g/mol. The van der Waals surface area contributed by atoms with Crippen molar-refractivity contribution in [2.45, 2.75) is 19.4 Å². The number of esters is 1.